The molecule has 2 aromatic rings. The van der Waals surface area contributed by atoms with E-state index < -0.39 is 0 Å². The first-order valence-electron chi connectivity index (χ1n) is 6.32. The molecule has 0 bridgehead atoms. The maximum absolute atomic E-state index is 12.3. The smallest absolute Gasteiger partial charge is 0.251 e. The summed E-state index contributed by atoms with van der Waals surface area (Å²) in [6.45, 7) is 4.13. The van der Waals surface area contributed by atoms with Crippen molar-refractivity contribution in [3.05, 3.63) is 51.2 Å². The van der Waals surface area contributed by atoms with Crippen LogP contribution in [0, 0.1) is 5.92 Å². The van der Waals surface area contributed by atoms with E-state index in [9.17, 15) is 9.90 Å². The van der Waals surface area contributed by atoms with Gasteiger partial charge in [0.1, 0.15) is 5.75 Å². The maximum Gasteiger partial charge on any atom is 0.251 e. The first-order chi connectivity index (χ1) is 9.49. The van der Waals surface area contributed by atoms with E-state index in [2.05, 4.69) is 19.2 Å². The number of amides is 1. The molecule has 1 unspecified atom stereocenters. The Morgan fingerprint density at radius 3 is 2.65 bits per heavy atom. The molecule has 0 radical (unpaired) electrons. The Labute approximate surface area is 127 Å². The fourth-order valence-corrected chi connectivity index (χ4v) is 3.04. The van der Waals surface area contributed by atoms with Gasteiger partial charge in [0.2, 0.25) is 0 Å². The maximum atomic E-state index is 12.3. The lowest BCUT2D eigenvalue weighted by molar-refractivity contribution is 0.0926. The van der Waals surface area contributed by atoms with E-state index in [4.69, 9.17) is 11.6 Å². The molecule has 0 saturated heterocycles. The van der Waals surface area contributed by atoms with Gasteiger partial charge in [0, 0.05) is 10.4 Å². The van der Waals surface area contributed by atoms with Crippen molar-refractivity contribution in [2.24, 2.45) is 5.92 Å². The summed E-state index contributed by atoms with van der Waals surface area (Å²) in [5, 5.41) is 14.6. The molecule has 1 amide bonds. The van der Waals surface area contributed by atoms with Gasteiger partial charge in [-0.3, -0.25) is 4.79 Å². The molecule has 3 nitrogen and oxygen atoms in total. The number of thiophene rings is 1. The zero-order valence-corrected chi connectivity index (χ0v) is 12.8. The summed E-state index contributed by atoms with van der Waals surface area (Å²) in [6, 6.07) is 8.40. The number of carbonyl (C=O) groups is 1. The number of carbonyl (C=O) groups excluding carboxylic acids is 1. The largest absolute Gasteiger partial charge is 0.506 e. The van der Waals surface area contributed by atoms with Crippen LogP contribution in [-0.4, -0.2) is 11.0 Å². The monoisotopic (exact) mass is 309 g/mol. The van der Waals surface area contributed by atoms with Crippen LogP contribution in [0.1, 0.15) is 35.1 Å². The Balaban J connectivity index is 2.18. The number of hydrogen-bond donors (Lipinski definition) is 2. The number of rotatable bonds is 4. The average molecular weight is 310 g/mol. The van der Waals surface area contributed by atoms with Gasteiger partial charge < -0.3 is 10.4 Å². The zero-order valence-electron chi connectivity index (χ0n) is 11.3. The van der Waals surface area contributed by atoms with Crippen LogP contribution in [-0.2, 0) is 0 Å². The highest BCUT2D eigenvalue weighted by Gasteiger charge is 2.20. The number of hydrogen-bond acceptors (Lipinski definition) is 3. The SMILES string of the molecule is CC(C)C(NC(=O)c1ccc(O)c(Cl)c1)c1cccs1. The van der Waals surface area contributed by atoms with Gasteiger partial charge in [-0.15, -0.1) is 11.3 Å². The molecule has 2 rings (SSSR count). The standard InChI is InChI=1S/C15H16ClNO2S/c1-9(2)14(13-4-3-7-20-13)17-15(19)10-5-6-12(18)11(16)8-10/h3-9,14,18H,1-2H3,(H,17,19). The molecule has 0 saturated carbocycles. The summed E-state index contributed by atoms with van der Waals surface area (Å²) >= 11 is 7.45. The molecule has 0 aliphatic heterocycles. The van der Waals surface area contributed by atoms with E-state index in [-0.39, 0.29) is 28.6 Å². The summed E-state index contributed by atoms with van der Waals surface area (Å²) in [4.78, 5) is 13.4. The van der Waals surface area contributed by atoms with E-state index in [1.807, 2.05) is 17.5 Å². The molecule has 0 aliphatic carbocycles. The average Bonchev–Trinajstić information content (AvgIpc) is 2.92. The van der Waals surface area contributed by atoms with E-state index in [0.717, 1.165) is 4.88 Å². The van der Waals surface area contributed by atoms with Crippen molar-refractivity contribution in [3.8, 4) is 5.75 Å². The molecule has 1 heterocycles. The second-order valence-electron chi connectivity index (χ2n) is 4.88. The van der Waals surface area contributed by atoms with Crippen molar-refractivity contribution in [1.29, 1.82) is 0 Å². The lowest BCUT2D eigenvalue weighted by Gasteiger charge is -2.21. The minimum absolute atomic E-state index is 0.0260. The highest BCUT2D eigenvalue weighted by molar-refractivity contribution is 7.10. The van der Waals surface area contributed by atoms with Crippen molar-refractivity contribution in [2.45, 2.75) is 19.9 Å². The second kappa shape index (κ2) is 6.29. The fraction of sp³-hybridized carbons (Fsp3) is 0.267. The van der Waals surface area contributed by atoms with Crippen LogP contribution in [0.25, 0.3) is 0 Å². The molecule has 5 heteroatoms. The van der Waals surface area contributed by atoms with Crippen LogP contribution >= 0.6 is 22.9 Å². The molecule has 20 heavy (non-hydrogen) atoms. The highest BCUT2D eigenvalue weighted by Crippen LogP contribution is 2.27. The molecule has 0 spiro atoms. The van der Waals surface area contributed by atoms with Crippen LogP contribution in [0.2, 0.25) is 5.02 Å². The van der Waals surface area contributed by atoms with E-state index >= 15 is 0 Å². The third kappa shape index (κ3) is 3.32. The van der Waals surface area contributed by atoms with Crippen LogP contribution < -0.4 is 5.32 Å². The Morgan fingerprint density at radius 2 is 2.10 bits per heavy atom. The van der Waals surface area contributed by atoms with Gasteiger partial charge in [-0.25, -0.2) is 0 Å². The first-order valence-corrected chi connectivity index (χ1v) is 7.57. The minimum Gasteiger partial charge on any atom is -0.506 e. The number of nitrogens with one attached hydrogen (secondary N) is 1. The summed E-state index contributed by atoms with van der Waals surface area (Å²) in [7, 11) is 0. The molecule has 1 aromatic heterocycles. The van der Waals surface area contributed by atoms with Crippen molar-refractivity contribution in [3.63, 3.8) is 0 Å². The number of benzene rings is 1. The van der Waals surface area contributed by atoms with E-state index in [0.29, 0.717) is 5.56 Å². The molecule has 1 aromatic carbocycles. The lowest BCUT2D eigenvalue weighted by atomic mass is 10.0. The molecular formula is C15H16ClNO2S. The summed E-state index contributed by atoms with van der Waals surface area (Å²) < 4.78 is 0. The molecule has 0 fully saturated rings. The third-order valence-electron chi connectivity index (χ3n) is 3.01. The van der Waals surface area contributed by atoms with E-state index in [1.165, 1.54) is 12.1 Å². The normalized spacial score (nSPS) is 12.4. The summed E-state index contributed by atoms with van der Waals surface area (Å²) in [5.74, 6) is 0.0612. The predicted octanol–water partition coefficient (Wildman–Crippen LogP) is 4.23. The van der Waals surface area contributed by atoms with Gasteiger partial charge in [0.25, 0.3) is 5.91 Å². The van der Waals surface area contributed by atoms with Crippen molar-refractivity contribution >= 4 is 28.8 Å². The quantitative estimate of drug-likeness (QED) is 0.887. The topological polar surface area (TPSA) is 49.3 Å². The van der Waals surface area contributed by atoms with Crippen LogP contribution in [0.3, 0.4) is 0 Å². The Kier molecular flexibility index (Phi) is 4.68. The molecule has 1 atom stereocenters. The number of halogens is 1. The van der Waals surface area contributed by atoms with Crippen LogP contribution in [0.15, 0.2) is 35.7 Å². The second-order valence-corrected chi connectivity index (χ2v) is 6.26. The summed E-state index contributed by atoms with van der Waals surface area (Å²) in [5.41, 5.74) is 0.440. The molecule has 2 N–H and O–H groups in total. The molecule has 106 valence electrons. The number of phenols is 1. The van der Waals surface area contributed by atoms with E-state index in [1.54, 1.807) is 17.4 Å². The van der Waals surface area contributed by atoms with Gasteiger partial charge in [-0.1, -0.05) is 31.5 Å². The molecular weight excluding hydrogens is 294 g/mol. The van der Waals surface area contributed by atoms with Gasteiger partial charge in [-0.2, -0.15) is 0 Å². The number of aromatic hydroxyl groups is 1. The summed E-state index contributed by atoms with van der Waals surface area (Å²) in [6.07, 6.45) is 0. The van der Waals surface area contributed by atoms with Crippen molar-refractivity contribution in [2.75, 3.05) is 0 Å². The predicted molar refractivity (Wildman–Crippen MR) is 82.5 cm³/mol. The van der Waals surface area contributed by atoms with Gasteiger partial charge in [-0.05, 0) is 35.6 Å². The van der Waals surface area contributed by atoms with Crippen LogP contribution in [0.4, 0.5) is 0 Å². The van der Waals surface area contributed by atoms with Crippen LogP contribution in [0.5, 0.6) is 5.75 Å². The molecule has 0 aliphatic rings. The van der Waals surface area contributed by atoms with Crippen molar-refractivity contribution in [1.82, 2.24) is 5.32 Å². The third-order valence-corrected chi connectivity index (χ3v) is 4.27. The fourth-order valence-electron chi connectivity index (χ4n) is 1.91. The zero-order chi connectivity index (χ0) is 14.7. The first kappa shape index (κ1) is 14.9. The Hall–Kier alpha value is -1.52. The lowest BCUT2D eigenvalue weighted by Crippen LogP contribution is -2.31. The van der Waals surface area contributed by atoms with Gasteiger partial charge in [0.15, 0.2) is 0 Å². The van der Waals surface area contributed by atoms with Crippen molar-refractivity contribution < 1.29 is 9.90 Å². The number of phenolic OH excluding ortho intramolecular Hbond substituents is 1. The minimum atomic E-state index is -0.195. The van der Waals surface area contributed by atoms with Gasteiger partial charge >= 0.3 is 0 Å². The Bertz CT molecular complexity index is 596. The van der Waals surface area contributed by atoms with Gasteiger partial charge in [0.05, 0.1) is 11.1 Å². The Morgan fingerprint density at radius 1 is 1.35 bits per heavy atom. The highest BCUT2D eigenvalue weighted by atomic mass is 35.5.